The molecule has 0 heterocycles. The summed E-state index contributed by atoms with van der Waals surface area (Å²) >= 11 is 9.58. The van der Waals surface area contributed by atoms with Crippen LogP contribution in [0.5, 0.6) is 5.75 Å². The van der Waals surface area contributed by atoms with Gasteiger partial charge in [0.25, 0.3) is 0 Å². The molecule has 1 nitrogen and oxygen atoms in total. The molecule has 2 aromatic carbocycles. The van der Waals surface area contributed by atoms with Crippen LogP contribution >= 0.6 is 27.5 Å². The summed E-state index contributed by atoms with van der Waals surface area (Å²) in [7, 11) is 1.61. The number of halogens is 3. The van der Waals surface area contributed by atoms with Gasteiger partial charge in [-0.3, -0.25) is 0 Å². The maximum atomic E-state index is 14.1. The van der Waals surface area contributed by atoms with E-state index in [9.17, 15) is 4.39 Å². The van der Waals surface area contributed by atoms with E-state index in [0.717, 1.165) is 16.9 Å². The average molecular weight is 344 g/mol. The molecule has 1 unspecified atom stereocenters. The number of benzene rings is 2. The third-order valence-electron chi connectivity index (χ3n) is 3.00. The standard InChI is InChI=1S/C15H13BrClFO/c1-9-8-10(19-2)6-7-11(9)14(17)12-4-3-5-13(16)15(12)18/h3-8,14H,1-2H3. The van der Waals surface area contributed by atoms with Crippen molar-refractivity contribution < 1.29 is 9.13 Å². The molecule has 2 rings (SSSR count). The Hall–Kier alpha value is -1.06. The van der Waals surface area contributed by atoms with Crippen LogP contribution in [0.3, 0.4) is 0 Å². The molecule has 0 spiro atoms. The lowest BCUT2D eigenvalue weighted by molar-refractivity contribution is 0.414. The smallest absolute Gasteiger partial charge is 0.142 e. The monoisotopic (exact) mass is 342 g/mol. The minimum absolute atomic E-state index is 0.322. The summed E-state index contributed by atoms with van der Waals surface area (Å²) < 4.78 is 19.6. The SMILES string of the molecule is COc1ccc(C(Cl)c2cccc(Br)c2F)c(C)c1. The van der Waals surface area contributed by atoms with Gasteiger partial charge in [-0.05, 0) is 52.2 Å². The number of ether oxygens (including phenoxy) is 1. The number of alkyl halides is 1. The summed E-state index contributed by atoms with van der Waals surface area (Å²) in [4.78, 5) is 0. The predicted octanol–water partition coefficient (Wildman–Crippen LogP) is 5.23. The molecule has 4 heteroatoms. The molecular weight excluding hydrogens is 331 g/mol. The number of hydrogen-bond acceptors (Lipinski definition) is 1. The Morgan fingerprint density at radius 3 is 2.58 bits per heavy atom. The molecule has 0 radical (unpaired) electrons. The van der Waals surface area contributed by atoms with Gasteiger partial charge in [0.05, 0.1) is 17.0 Å². The van der Waals surface area contributed by atoms with Crippen molar-refractivity contribution in [2.24, 2.45) is 0 Å². The summed E-state index contributed by atoms with van der Waals surface area (Å²) in [5.41, 5.74) is 2.31. The third kappa shape index (κ3) is 2.93. The van der Waals surface area contributed by atoms with E-state index in [4.69, 9.17) is 16.3 Å². The quantitative estimate of drug-likeness (QED) is 0.693. The number of methoxy groups -OCH3 is 1. The number of rotatable bonds is 3. The summed E-state index contributed by atoms with van der Waals surface area (Å²) in [6.45, 7) is 1.93. The molecule has 0 fully saturated rings. The Morgan fingerprint density at radius 1 is 1.21 bits per heavy atom. The lowest BCUT2D eigenvalue weighted by Crippen LogP contribution is -2.00. The normalized spacial score (nSPS) is 12.3. The number of hydrogen-bond donors (Lipinski definition) is 0. The van der Waals surface area contributed by atoms with Crippen molar-refractivity contribution in [3.05, 3.63) is 63.4 Å². The van der Waals surface area contributed by atoms with E-state index >= 15 is 0 Å². The van der Waals surface area contributed by atoms with Crippen molar-refractivity contribution in [2.75, 3.05) is 7.11 Å². The van der Waals surface area contributed by atoms with E-state index < -0.39 is 5.38 Å². The largest absolute Gasteiger partial charge is 0.497 e. The van der Waals surface area contributed by atoms with Gasteiger partial charge in [0.1, 0.15) is 11.6 Å². The molecule has 0 saturated heterocycles. The van der Waals surface area contributed by atoms with E-state index in [1.165, 1.54) is 0 Å². The Balaban J connectivity index is 2.44. The van der Waals surface area contributed by atoms with Crippen molar-refractivity contribution in [1.29, 1.82) is 0 Å². The van der Waals surface area contributed by atoms with Gasteiger partial charge >= 0.3 is 0 Å². The van der Waals surface area contributed by atoms with Crippen LogP contribution in [0.4, 0.5) is 4.39 Å². The zero-order valence-electron chi connectivity index (χ0n) is 10.6. The molecule has 0 N–H and O–H groups in total. The van der Waals surface area contributed by atoms with Crippen LogP contribution in [-0.2, 0) is 0 Å². The zero-order chi connectivity index (χ0) is 14.0. The van der Waals surface area contributed by atoms with Crippen LogP contribution in [0.2, 0.25) is 0 Å². The van der Waals surface area contributed by atoms with Crippen molar-refractivity contribution in [1.82, 2.24) is 0 Å². The molecule has 0 aromatic heterocycles. The molecule has 0 saturated carbocycles. The highest BCUT2D eigenvalue weighted by Crippen LogP contribution is 2.35. The second-order valence-corrected chi connectivity index (χ2v) is 5.52. The fourth-order valence-electron chi connectivity index (χ4n) is 1.94. The van der Waals surface area contributed by atoms with Crippen molar-refractivity contribution >= 4 is 27.5 Å². The highest BCUT2D eigenvalue weighted by Gasteiger charge is 2.18. The first-order chi connectivity index (χ1) is 9.04. The highest BCUT2D eigenvalue weighted by atomic mass is 79.9. The first kappa shape index (κ1) is 14.4. The van der Waals surface area contributed by atoms with Gasteiger partial charge in [-0.1, -0.05) is 18.2 Å². The summed E-state index contributed by atoms with van der Waals surface area (Å²) in [6.07, 6.45) is 0. The van der Waals surface area contributed by atoms with Gasteiger partial charge in [0.2, 0.25) is 0 Å². The fraction of sp³-hybridized carbons (Fsp3) is 0.200. The maximum Gasteiger partial charge on any atom is 0.142 e. The molecule has 0 bridgehead atoms. The molecule has 0 aliphatic carbocycles. The predicted molar refractivity (Wildman–Crippen MR) is 79.5 cm³/mol. The Kier molecular flexibility index (Phi) is 4.48. The molecular formula is C15H13BrClFO. The van der Waals surface area contributed by atoms with Crippen molar-refractivity contribution in [2.45, 2.75) is 12.3 Å². The second kappa shape index (κ2) is 5.93. The fourth-order valence-corrected chi connectivity index (χ4v) is 2.74. The van der Waals surface area contributed by atoms with Gasteiger partial charge in [0, 0.05) is 5.56 Å². The molecule has 2 aromatic rings. The molecule has 1 atom stereocenters. The third-order valence-corrected chi connectivity index (χ3v) is 4.09. The highest BCUT2D eigenvalue weighted by molar-refractivity contribution is 9.10. The van der Waals surface area contributed by atoms with Crippen molar-refractivity contribution in [3.8, 4) is 5.75 Å². The van der Waals surface area contributed by atoms with Gasteiger partial charge in [0.15, 0.2) is 0 Å². The average Bonchev–Trinajstić information content (AvgIpc) is 2.41. The van der Waals surface area contributed by atoms with Gasteiger partial charge in [-0.15, -0.1) is 11.6 Å². The van der Waals surface area contributed by atoms with E-state index in [2.05, 4.69) is 15.9 Å². The Labute approximate surface area is 125 Å². The zero-order valence-corrected chi connectivity index (χ0v) is 12.9. The Morgan fingerprint density at radius 2 is 1.95 bits per heavy atom. The maximum absolute atomic E-state index is 14.1. The van der Waals surface area contributed by atoms with Crippen LogP contribution in [0.25, 0.3) is 0 Å². The first-order valence-electron chi connectivity index (χ1n) is 5.77. The van der Waals surface area contributed by atoms with E-state index in [0.29, 0.717) is 10.0 Å². The summed E-state index contributed by atoms with van der Waals surface area (Å²) in [5.74, 6) is 0.442. The van der Waals surface area contributed by atoms with Crippen LogP contribution in [0.1, 0.15) is 22.1 Å². The van der Waals surface area contributed by atoms with E-state index in [1.54, 1.807) is 25.3 Å². The molecule has 19 heavy (non-hydrogen) atoms. The minimum atomic E-state index is -0.525. The first-order valence-corrected chi connectivity index (χ1v) is 7.00. The van der Waals surface area contributed by atoms with Crippen LogP contribution < -0.4 is 4.74 Å². The molecule has 0 aliphatic rings. The van der Waals surface area contributed by atoms with Gasteiger partial charge in [-0.25, -0.2) is 4.39 Å². The summed E-state index contributed by atoms with van der Waals surface area (Å²) in [5, 5.41) is -0.525. The lowest BCUT2D eigenvalue weighted by Gasteiger charge is -2.15. The Bertz CT molecular complexity index is 601. The molecule has 0 amide bonds. The van der Waals surface area contributed by atoms with Gasteiger partial charge < -0.3 is 4.74 Å². The second-order valence-electron chi connectivity index (χ2n) is 4.23. The van der Waals surface area contributed by atoms with E-state index in [1.807, 2.05) is 25.1 Å². The number of aryl methyl sites for hydroxylation is 1. The lowest BCUT2D eigenvalue weighted by atomic mass is 9.99. The van der Waals surface area contributed by atoms with Crippen molar-refractivity contribution in [3.63, 3.8) is 0 Å². The van der Waals surface area contributed by atoms with Crippen LogP contribution in [-0.4, -0.2) is 7.11 Å². The van der Waals surface area contributed by atoms with Gasteiger partial charge in [-0.2, -0.15) is 0 Å². The molecule has 100 valence electrons. The molecule has 0 aliphatic heterocycles. The van der Waals surface area contributed by atoms with E-state index in [-0.39, 0.29) is 5.82 Å². The minimum Gasteiger partial charge on any atom is -0.497 e. The van der Waals surface area contributed by atoms with Crippen LogP contribution in [0, 0.1) is 12.7 Å². The van der Waals surface area contributed by atoms with Crippen LogP contribution in [0.15, 0.2) is 40.9 Å². The summed E-state index contributed by atoms with van der Waals surface area (Å²) in [6, 6.07) is 10.7. The topological polar surface area (TPSA) is 9.23 Å².